The van der Waals surface area contributed by atoms with E-state index in [0.717, 1.165) is 11.8 Å². The molecule has 1 aromatic heterocycles. The summed E-state index contributed by atoms with van der Waals surface area (Å²) in [5.41, 5.74) is 0.870. The van der Waals surface area contributed by atoms with Crippen molar-refractivity contribution in [1.82, 2.24) is 9.78 Å². The summed E-state index contributed by atoms with van der Waals surface area (Å²) >= 11 is 3.13. The van der Waals surface area contributed by atoms with Crippen LogP contribution >= 0.6 is 15.9 Å². The third kappa shape index (κ3) is 4.06. The SMILES string of the molecule is Cc1c(CCOc2c(Br)ccc(F)c2F)c(C(O)C(C)(C)CF)nn1C. The highest BCUT2D eigenvalue weighted by Crippen LogP contribution is 2.36. The van der Waals surface area contributed by atoms with E-state index in [1.807, 2.05) is 6.92 Å². The zero-order chi connectivity index (χ0) is 19.6. The van der Waals surface area contributed by atoms with Crippen LogP contribution < -0.4 is 4.74 Å². The summed E-state index contributed by atoms with van der Waals surface area (Å²) in [5.74, 6) is -2.28. The molecule has 1 atom stereocenters. The molecule has 0 spiro atoms. The normalized spacial score (nSPS) is 13.1. The number of alkyl halides is 1. The van der Waals surface area contributed by atoms with E-state index >= 15 is 0 Å². The van der Waals surface area contributed by atoms with Gasteiger partial charge in [0.05, 0.1) is 23.4 Å². The van der Waals surface area contributed by atoms with E-state index in [-0.39, 0.29) is 12.4 Å². The summed E-state index contributed by atoms with van der Waals surface area (Å²) in [7, 11) is 1.72. The van der Waals surface area contributed by atoms with Crippen LogP contribution in [0.3, 0.4) is 0 Å². The van der Waals surface area contributed by atoms with E-state index in [1.165, 1.54) is 6.07 Å². The van der Waals surface area contributed by atoms with Crippen molar-refractivity contribution in [3.8, 4) is 5.75 Å². The van der Waals surface area contributed by atoms with E-state index < -0.39 is 29.8 Å². The van der Waals surface area contributed by atoms with Crippen molar-refractivity contribution in [1.29, 1.82) is 0 Å². The van der Waals surface area contributed by atoms with Gasteiger partial charge >= 0.3 is 0 Å². The molecule has 0 aliphatic carbocycles. The van der Waals surface area contributed by atoms with Gasteiger partial charge in [0.15, 0.2) is 11.6 Å². The minimum atomic E-state index is -1.10. The Kier molecular flexibility index (Phi) is 6.39. The summed E-state index contributed by atoms with van der Waals surface area (Å²) < 4.78 is 47.8. The second-order valence-electron chi connectivity index (χ2n) is 6.87. The maximum atomic E-state index is 13.9. The second-order valence-corrected chi connectivity index (χ2v) is 7.72. The summed E-state index contributed by atoms with van der Waals surface area (Å²) in [5, 5.41) is 14.8. The molecule has 0 aliphatic heterocycles. The van der Waals surface area contributed by atoms with Crippen LogP contribution in [0.2, 0.25) is 0 Å². The van der Waals surface area contributed by atoms with E-state index in [2.05, 4.69) is 21.0 Å². The standard InChI is InChI=1S/C18H22BrF3N2O2/c1-10-11(15(23-24(10)4)17(25)18(2,3)9-20)7-8-26-16-12(19)5-6-13(21)14(16)22/h5-6,17,25H,7-9H2,1-4H3. The lowest BCUT2D eigenvalue weighted by Crippen LogP contribution is -2.25. The molecule has 1 aromatic carbocycles. The van der Waals surface area contributed by atoms with Gasteiger partial charge in [-0.05, 0) is 35.0 Å². The number of halogens is 4. The van der Waals surface area contributed by atoms with E-state index in [0.29, 0.717) is 22.2 Å². The van der Waals surface area contributed by atoms with Crippen LogP contribution in [0.4, 0.5) is 13.2 Å². The molecule has 1 N–H and O–H groups in total. The first-order valence-corrected chi connectivity index (χ1v) is 8.92. The van der Waals surface area contributed by atoms with Crippen LogP contribution in [0, 0.1) is 24.0 Å². The number of aliphatic hydroxyl groups excluding tert-OH is 1. The number of rotatable bonds is 7. The van der Waals surface area contributed by atoms with E-state index in [9.17, 15) is 18.3 Å². The lowest BCUT2D eigenvalue weighted by atomic mass is 9.84. The molecule has 8 heteroatoms. The van der Waals surface area contributed by atoms with Crippen LogP contribution in [-0.4, -0.2) is 28.2 Å². The Morgan fingerprint density at radius 2 is 2.00 bits per heavy atom. The third-order valence-electron chi connectivity index (χ3n) is 4.43. The fraction of sp³-hybridized carbons (Fsp3) is 0.500. The first-order chi connectivity index (χ1) is 12.1. The van der Waals surface area contributed by atoms with Gasteiger partial charge in [-0.25, -0.2) is 4.39 Å². The average molecular weight is 435 g/mol. The van der Waals surface area contributed by atoms with Gasteiger partial charge < -0.3 is 9.84 Å². The molecule has 1 unspecified atom stereocenters. The van der Waals surface area contributed by atoms with Gasteiger partial charge in [0.25, 0.3) is 0 Å². The molecule has 4 nitrogen and oxygen atoms in total. The minimum Gasteiger partial charge on any atom is -0.489 e. The fourth-order valence-corrected chi connectivity index (χ4v) is 2.97. The van der Waals surface area contributed by atoms with Crippen molar-refractivity contribution in [2.45, 2.75) is 33.3 Å². The Hall–Kier alpha value is -1.54. The highest BCUT2D eigenvalue weighted by Gasteiger charge is 2.33. The predicted molar refractivity (Wildman–Crippen MR) is 95.9 cm³/mol. The monoisotopic (exact) mass is 434 g/mol. The Morgan fingerprint density at radius 1 is 1.35 bits per heavy atom. The van der Waals surface area contributed by atoms with Crippen molar-refractivity contribution < 1.29 is 23.0 Å². The molecule has 1 heterocycles. The number of aromatic nitrogens is 2. The average Bonchev–Trinajstić information content (AvgIpc) is 2.88. The van der Waals surface area contributed by atoms with Crippen LogP contribution in [-0.2, 0) is 13.5 Å². The number of aliphatic hydroxyl groups is 1. The first kappa shape index (κ1) is 20.8. The van der Waals surface area contributed by atoms with Gasteiger partial charge in [-0.3, -0.25) is 9.07 Å². The smallest absolute Gasteiger partial charge is 0.201 e. The van der Waals surface area contributed by atoms with Gasteiger partial charge in [0.1, 0.15) is 6.10 Å². The third-order valence-corrected chi connectivity index (χ3v) is 5.06. The van der Waals surface area contributed by atoms with Crippen LogP contribution in [0.5, 0.6) is 5.75 Å². The Morgan fingerprint density at radius 3 is 2.62 bits per heavy atom. The van der Waals surface area contributed by atoms with E-state index in [4.69, 9.17) is 4.74 Å². The van der Waals surface area contributed by atoms with Crippen molar-refractivity contribution in [2.24, 2.45) is 12.5 Å². The molecule has 26 heavy (non-hydrogen) atoms. The van der Waals surface area contributed by atoms with Crippen molar-refractivity contribution >= 4 is 15.9 Å². The molecule has 0 radical (unpaired) electrons. The van der Waals surface area contributed by atoms with Gasteiger partial charge in [-0.2, -0.15) is 9.49 Å². The molecule has 0 aliphatic rings. The lowest BCUT2D eigenvalue weighted by Gasteiger charge is -2.26. The Balaban J connectivity index is 2.22. The predicted octanol–water partition coefficient (Wildman–Crippen LogP) is 4.42. The van der Waals surface area contributed by atoms with Crippen molar-refractivity contribution in [2.75, 3.05) is 13.3 Å². The zero-order valence-electron chi connectivity index (χ0n) is 15.1. The summed E-state index contributed by atoms with van der Waals surface area (Å²) in [6, 6.07) is 2.37. The number of hydrogen-bond donors (Lipinski definition) is 1. The van der Waals surface area contributed by atoms with Gasteiger partial charge in [-0.15, -0.1) is 0 Å². The van der Waals surface area contributed by atoms with Gasteiger partial charge in [0, 0.05) is 30.1 Å². The number of ether oxygens (including phenoxy) is 1. The molecule has 0 bridgehead atoms. The molecular weight excluding hydrogens is 413 g/mol. The van der Waals surface area contributed by atoms with Crippen LogP contribution in [0.25, 0.3) is 0 Å². The molecule has 0 fully saturated rings. The number of nitrogens with zero attached hydrogens (tertiary/aromatic N) is 2. The Labute approximate surface area is 159 Å². The lowest BCUT2D eigenvalue weighted by molar-refractivity contribution is 0.0266. The first-order valence-electron chi connectivity index (χ1n) is 8.12. The molecule has 0 amide bonds. The highest BCUT2D eigenvalue weighted by molar-refractivity contribution is 9.10. The fourth-order valence-electron chi connectivity index (χ4n) is 2.55. The molecule has 2 aromatic rings. The Bertz CT molecular complexity index is 793. The molecule has 2 rings (SSSR count). The number of hydrogen-bond acceptors (Lipinski definition) is 3. The summed E-state index contributed by atoms with van der Waals surface area (Å²) in [6.07, 6.45) is -0.795. The number of benzene rings is 1. The minimum absolute atomic E-state index is 0.0429. The quantitative estimate of drug-likeness (QED) is 0.656. The van der Waals surface area contributed by atoms with Gasteiger partial charge in [0.2, 0.25) is 5.82 Å². The zero-order valence-corrected chi connectivity index (χ0v) is 16.7. The second kappa shape index (κ2) is 8.00. The van der Waals surface area contributed by atoms with E-state index in [1.54, 1.807) is 25.6 Å². The summed E-state index contributed by atoms with van der Waals surface area (Å²) in [4.78, 5) is 0. The molecule has 144 valence electrons. The maximum absolute atomic E-state index is 13.9. The topological polar surface area (TPSA) is 47.3 Å². The van der Waals surface area contributed by atoms with Crippen LogP contribution in [0.1, 0.15) is 36.9 Å². The molecule has 0 saturated heterocycles. The maximum Gasteiger partial charge on any atom is 0.201 e. The van der Waals surface area contributed by atoms with Crippen LogP contribution in [0.15, 0.2) is 16.6 Å². The summed E-state index contributed by atoms with van der Waals surface area (Å²) in [6.45, 7) is 4.38. The molecule has 0 saturated carbocycles. The number of aryl methyl sites for hydroxylation is 1. The van der Waals surface area contributed by atoms with Gasteiger partial charge in [-0.1, -0.05) is 13.8 Å². The highest BCUT2D eigenvalue weighted by atomic mass is 79.9. The van der Waals surface area contributed by atoms with Crippen molar-refractivity contribution in [3.63, 3.8) is 0 Å². The van der Waals surface area contributed by atoms with Crippen molar-refractivity contribution in [3.05, 3.63) is 45.2 Å². The largest absolute Gasteiger partial charge is 0.489 e. The molecular formula is C18H22BrF3N2O2.